The zero-order chi connectivity index (χ0) is 28.3. The van der Waals surface area contributed by atoms with Crippen molar-refractivity contribution in [3.63, 3.8) is 0 Å². The van der Waals surface area contributed by atoms with Crippen molar-refractivity contribution in [1.29, 1.82) is 0 Å². The van der Waals surface area contributed by atoms with E-state index in [0.717, 1.165) is 0 Å². The van der Waals surface area contributed by atoms with E-state index < -0.39 is 5.97 Å². The van der Waals surface area contributed by atoms with Gasteiger partial charge in [-0.05, 0) is 78.4 Å². The van der Waals surface area contributed by atoms with Crippen LogP contribution in [0.1, 0.15) is 15.9 Å². The standard InChI is InChI=1S/C31H23N3O7/c1-37-22-11-8-20(9-12-22)29-33-24-6-4-3-5-23(24)30(35)34(29)32-17-19-7-13-26(27(15-19)38-2)41-31(36)21-10-14-25-28(16-21)40-18-39-25/h3-17H,18H2,1-2H3. The third-order valence-electron chi connectivity index (χ3n) is 6.42. The highest BCUT2D eigenvalue weighted by atomic mass is 16.7. The van der Waals surface area contributed by atoms with Crippen LogP contribution in [-0.2, 0) is 0 Å². The lowest BCUT2D eigenvalue weighted by molar-refractivity contribution is 0.0729. The quantitative estimate of drug-likeness (QED) is 0.160. The summed E-state index contributed by atoms with van der Waals surface area (Å²) >= 11 is 0. The van der Waals surface area contributed by atoms with Gasteiger partial charge in [-0.15, -0.1) is 0 Å². The van der Waals surface area contributed by atoms with Gasteiger partial charge in [0.05, 0.1) is 36.9 Å². The number of methoxy groups -OCH3 is 2. The summed E-state index contributed by atoms with van der Waals surface area (Å²) in [5.74, 6) is 2.04. The lowest BCUT2D eigenvalue weighted by atomic mass is 10.2. The number of hydrogen-bond donors (Lipinski definition) is 0. The zero-order valence-electron chi connectivity index (χ0n) is 22.1. The van der Waals surface area contributed by atoms with Crippen LogP contribution in [0.4, 0.5) is 0 Å². The van der Waals surface area contributed by atoms with Crippen molar-refractivity contribution in [2.75, 3.05) is 21.0 Å². The van der Waals surface area contributed by atoms with Gasteiger partial charge in [-0.25, -0.2) is 9.78 Å². The Morgan fingerprint density at radius 3 is 2.51 bits per heavy atom. The first-order chi connectivity index (χ1) is 20.0. The molecule has 0 amide bonds. The van der Waals surface area contributed by atoms with Crippen LogP contribution >= 0.6 is 0 Å². The van der Waals surface area contributed by atoms with Crippen LogP contribution in [0.3, 0.4) is 0 Å². The fourth-order valence-electron chi connectivity index (χ4n) is 4.31. The first-order valence-corrected chi connectivity index (χ1v) is 12.5. The molecule has 0 unspecified atom stereocenters. The molecule has 10 heteroatoms. The molecule has 4 aromatic carbocycles. The molecule has 0 saturated heterocycles. The average molecular weight is 550 g/mol. The van der Waals surface area contributed by atoms with Crippen LogP contribution in [0.5, 0.6) is 28.7 Å². The van der Waals surface area contributed by atoms with Crippen LogP contribution in [0.2, 0.25) is 0 Å². The maximum Gasteiger partial charge on any atom is 0.343 e. The number of esters is 1. The molecule has 0 N–H and O–H groups in total. The predicted molar refractivity (Wildman–Crippen MR) is 152 cm³/mol. The number of hydrogen-bond acceptors (Lipinski definition) is 9. The Morgan fingerprint density at radius 1 is 0.902 bits per heavy atom. The molecule has 0 saturated carbocycles. The number of fused-ring (bicyclic) bond motifs is 2. The summed E-state index contributed by atoms with van der Waals surface area (Å²) in [6, 6.07) is 24.1. The molecular weight excluding hydrogens is 526 g/mol. The fraction of sp³-hybridized carbons (Fsp3) is 0.0968. The molecule has 41 heavy (non-hydrogen) atoms. The van der Waals surface area contributed by atoms with Crippen molar-refractivity contribution in [2.24, 2.45) is 5.10 Å². The largest absolute Gasteiger partial charge is 0.497 e. The van der Waals surface area contributed by atoms with Crippen molar-refractivity contribution in [3.8, 4) is 40.1 Å². The summed E-state index contributed by atoms with van der Waals surface area (Å²) < 4.78 is 28.2. The van der Waals surface area contributed by atoms with Crippen molar-refractivity contribution in [1.82, 2.24) is 9.66 Å². The van der Waals surface area contributed by atoms with E-state index in [1.165, 1.54) is 18.0 Å². The van der Waals surface area contributed by atoms with Crippen LogP contribution < -0.4 is 29.2 Å². The number of carbonyl (C=O) groups is 1. The highest BCUT2D eigenvalue weighted by Crippen LogP contribution is 2.34. The van der Waals surface area contributed by atoms with Crippen LogP contribution in [0.25, 0.3) is 22.3 Å². The second-order valence-electron chi connectivity index (χ2n) is 8.91. The number of nitrogens with zero attached hydrogens (tertiary/aromatic N) is 3. The van der Waals surface area contributed by atoms with E-state index in [1.807, 2.05) is 18.2 Å². The van der Waals surface area contributed by atoms with E-state index in [2.05, 4.69) is 5.10 Å². The minimum absolute atomic E-state index is 0.105. The molecule has 0 fully saturated rings. The van der Waals surface area contributed by atoms with Gasteiger partial charge >= 0.3 is 5.97 Å². The van der Waals surface area contributed by atoms with Gasteiger partial charge in [0.25, 0.3) is 5.56 Å². The van der Waals surface area contributed by atoms with E-state index >= 15 is 0 Å². The van der Waals surface area contributed by atoms with Crippen LogP contribution in [0, 0.1) is 0 Å². The molecule has 2 heterocycles. The smallest absolute Gasteiger partial charge is 0.343 e. The first kappa shape index (κ1) is 25.6. The van der Waals surface area contributed by atoms with E-state index in [1.54, 1.807) is 73.8 Å². The average Bonchev–Trinajstić information content (AvgIpc) is 3.49. The van der Waals surface area contributed by atoms with E-state index in [-0.39, 0.29) is 18.1 Å². The Hall–Kier alpha value is -5.64. The number of para-hydroxylation sites is 1. The van der Waals surface area contributed by atoms with Gasteiger partial charge in [-0.3, -0.25) is 4.79 Å². The second kappa shape index (κ2) is 10.9. The van der Waals surface area contributed by atoms with E-state index in [9.17, 15) is 9.59 Å². The van der Waals surface area contributed by atoms with Crippen molar-refractivity contribution in [2.45, 2.75) is 0 Å². The summed E-state index contributed by atoms with van der Waals surface area (Å²) in [7, 11) is 3.05. The molecule has 1 aliphatic rings. The topological polar surface area (TPSA) is 110 Å². The summed E-state index contributed by atoms with van der Waals surface area (Å²) in [6.07, 6.45) is 1.51. The fourth-order valence-corrected chi connectivity index (χ4v) is 4.31. The number of aromatic nitrogens is 2. The minimum Gasteiger partial charge on any atom is -0.497 e. The van der Waals surface area contributed by atoms with Gasteiger partial charge in [-0.1, -0.05) is 12.1 Å². The monoisotopic (exact) mass is 549 g/mol. The molecule has 0 bridgehead atoms. The van der Waals surface area contributed by atoms with Crippen LogP contribution in [-0.4, -0.2) is 42.9 Å². The maximum atomic E-state index is 13.5. The summed E-state index contributed by atoms with van der Waals surface area (Å²) in [6.45, 7) is 0.105. The lowest BCUT2D eigenvalue weighted by Crippen LogP contribution is -2.20. The third-order valence-corrected chi connectivity index (χ3v) is 6.42. The molecule has 10 nitrogen and oxygen atoms in total. The minimum atomic E-state index is -0.582. The molecule has 6 rings (SSSR count). The molecule has 0 atom stereocenters. The number of ether oxygens (including phenoxy) is 5. The molecule has 204 valence electrons. The van der Waals surface area contributed by atoms with Gasteiger partial charge in [0.15, 0.2) is 28.8 Å². The Balaban J connectivity index is 1.32. The number of benzene rings is 4. The van der Waals surface area contributed by atoms with Gasteiger partial charge < -0.3 is 23.7 Å². The molecule has 1 aliphatic heterocycles. The van der Waals surface area contributed by atoms with Crippen molar-refractivity contribution in [3.05, 3.63) is 106 Å². The molecular formula is C31H23N3O7. The zero-order valence-corrected chi connectivity index (χ0v) is 22.1. The second-order valence-corrected chi connectivity index (χ2v) is 8.91. The molecule has 0 aliphatic carbocycles. The summed E-state index contributed by atoms with van der Waals surface area (Å²) in [5, 5.41) is 4.92. The Morgan fingerprint density at radius 2 is 1.71 bits per heavy atom. The van der Waals surface area contributed by atoms with Gasteiger partial charge in [-0.2, -0.15) is 9.78 Å². The molecule has 5 aromatic rings. The predicted octanol–water partition coefficient (Wildman–Crippen LogP) is 4.91. The summed E-state index contributed by atoms with van der Waals surface area (Å²) in [5.41, 5.74) is 1.83. The van der Waals surface area contributed by atoms with E-state index in [4.69, 9.17) is 28.7 Å². The molecule has 0 spiro atoms. The first-order valence-electron chi connectivity index (χ1n) is 12.5. The summed E-state index contributed by atoms with van der Waals surface area (Å²) in [4.78, 5) is 31.0. The Labute approximate surface area is 234 Å². The highest BCUT2D eigenvalue weighted by Gasteiger charge is 2.19. The normalized spacial score (nSPS) is 12.0. The maximum absolute atomic E-state index is 13.5. The van der Waals surface area contributed by atoms with Gasteiger partial charge in [0, 0.05) is 5.56 Å². The SMILES string of the molecule is COc1ccc(-c2nc3ccccc3c(=O)n2N=Cc2ccc(OC(=O)c3ccc4c(c3)OCO4)c(OC)c2)cc1. The Kier molecular flexibility index (Phi) is 6.78. The van der Waals surface area contributed by atoms with Gasteiger partial charge in [0.2, 0.25) is 6.79 Å². The van der Waals surface area contributed by atoms with Gasteiger partial charge in [0.1, 0.15) is 5.75 Å². The van der Waals surface area contributed by atoms with Crippen LogP contribution in [0.15, 0.2) is 94.8 Å². The Bertz CT molecular complexity index is 1860. The van der Waals surface area contributed by atoms with Crippen molar-refractivity contribution >= 4 is 23.1 Å². The van der Waals surface area contributed by atoms with Crippen molar-refractivity contribution < 1.29 is 28.5 Å². The number of rotatable bonds is 7. The lowest BCUT2D eigenvalue weighted by Gasteiger charge is -2.11. The highest BCUT2D eigenvalue weighted by molar-refractivity contribution is 5.92. The third kappa shape index (κ3) is 5.06. The molecule has 0 radical (unpaired) electrons. The van der Waals surface area contributed by atoms with E-state index in [0.29, 0.717) is 56.4 Å². The number of carbonyl (C=O) groups excluding carboxylic acids is 1. The molecule has 1 aromatic heterocycles.